The summed E-state index contributed by atoms with van der Waals surface area (Å²) in [5.74, 6) is 5.62. The van der Waals surface area contributed by atoms with Gasteiger partial charge in [-0.15, -0.1) is 0 Å². The Bertz CT molecular complexity index is 595. The van der Waals surface area contributed by atoms with E-state index >= 15 is 0 Å². The number of furan rings is 1. The number of phenols is 1. The molecule has 6 heteroatoms. The maximum Gasteiger partial charge on any atom is 0.300 e. The first-order valence-corrected chi connectivity index (χ1v) is 6.27. The zero-order valence-corrected chi connectivity index (χ0v) is 11.2. The van der Waals surface area contributed by atoms with Gasteiger partial charge in [0, 0.05) is 18.3 Å². The molecule has 0 bridgehead atoms. The van der Waals surface area contributed by atoms with Crippen molar-refractivity contribution in [3.05, 3.63) is 47.9 Å². The Morgan fingerprint density at radius 1 is 1.40 bits per heavy atom. The predicted molar refractivity (Wildman–Crippen MR) is 75.2 cm³/mol. The minimum absolute atomic E-state index is 0.175. The van der Waals surface area contributed by atoms with Gasteiger partial charge < -0.3 is 14.4 Å². The number of hydrogen-bond donors (Lipinski definition) is 3. The number of anilines is 1. The minimum atomic E-state index is -0.461. The van der Waals surface area contributed by atoms with Crippen LogP contribution in [0.4, 0.5) is 5.69 Å². The van der Waals surface area contributed by atoms with Crippen molar-refractivity contribution in [3.63, 3.8) is 0 Å². The summed E-state index contributed by atoms with van der Waals surface area (Å²) in [5.41, 5.74) is 2.90. The lowest BCUT2D eigenvalue weighted by Crippen LogP contribution is -2.29. The molecule has 20 heavy (non-hydrogen) atoms. The van der Waals surface area contributed by atoms with Crippen molar-refractivity contribution in [2.75, 3.05) is 11.4 Å². The number of nitrogen functional groups attached to an aromatic ring is 1. The third-order valence-electron chi connectivity index (χ3n) is 2.94. The van der Waals surface area contributed by atoms with E-state index in [0.717, 1.165) is 12.2 Å². The van der Waals surface area contributed by atoms with E-state index in [9.17, 15) is 9.90 Å². The molecule has 1 aromatic heterocycles. The van der Waals surface area contributed by atoms with Crippen LogP contribution in [-0.4, -0.2) is 17.6 Å². The first kappa shape index (κ1) is 14.0. The monoisotopic (exact) mass is 275 g/mol. The summed E-state index contributed by atoms with van der Waals surface area (Å²) in [6.45, 7) is 3.24. The number of aromatic hydroxyl groups is 1. The summed E-state index contributed by atoms with van der Waals surface area (Å²) < 4.78 is 5.42. The second-order valence-electron chi connectivity index (χ2n) is 4.27. The van der Waals surface area contributed by atoms with Crippen molar-refractivity contribution in [3.8, 4) is 5.75 Å². The summed E-state index contributed by atoms with van der Waals surface area (Å²) in [4.78, 5) is 13.3. The normalized spacial score (nSPS) is 10.3. The Kier molecular flexibility index (Phi) is 4.27. The third kappa shape index (κ3) is 3.10. The summed E-state index contributed by atoms with van der Waals surface area (Å²) >= 11 is 0. The average molecular weight is 275 g/mol. The molecule has 0 aliphatic carbocycles. The predicted octanol–water partition coefficient (Wildman–Crippen LogP) is 1.62. The van der Waals surface area contributed by atoms with Crippen molar-refractivity contribution in [1.82, 2.24) is 5.43 Å². The number of amides is 1. The fourth-order valence-electron chi connectivity index (χ4n) is 1.92. The van der Waals surface area contributed by atoms with Gasteiger partial charge in [-0.1, -0.05) is 6.07 Å². The van der Waals surface area contributed by atoms with Crippen LogP contribution in [0.15, 0.2) is 40.8 Å². The smallest absolute Gasteiger partial charge is 0.300 e. The summed E-state index contributed by atoms with van der Waals surface area (Å²) in [6, 6.07) is 10.3. The number of phenolic OH excluding ortho intramolecular Hbond substituents is 1. The second-order valence-corrected chi connectivity index (χ2v) is 4.27. The van der Waals surface area contributed by atoms with Gasteiger partial charge in [-0.05, 0) is 31.2 Å². The fourth-order valence-corrected chi connectivity index (χ4v) is 1.92. The van der Waals surface area contributed by atoms with Gasteiger partial charge in [0.1, 0.15) is 11.5 Å². The number of nitrogens with two attached hydrogens (primary N) is 1. The van der Waals surface area contributed by atoms with Crippen LogP contribution in [0.25, 0.3) is 0 Å². The number of benzene rings is 1. The van der Waals surface area contributed by atoms with Crippen LogP contribution in [0.5, 0.6) is 5.75 Å². The zero-order valence-electron chi connectivity index (χ0n) is 11.2. The molecule has 2 aromatic rings. The van der Waals surface area contributed by atoms with Crippen LogP contribution in [0, 0.1) is 0 Å². The molecule has 0 saturated heterocycles. The van der Waals surface area contributed by atoms with Crippen LogP contribution < -0.4 is 16.2 Å². The highest BCUT2D eigenvalue weighted by Crippen LogP contribution is 2.22. The van der Waals surface area contributed by atoms with Crippen LogP contribution in [-0.2, 0) is 6.54 Å². The van der Waals surface area contributed by atoms with Crippen molar-refractivity contribution in [1.29, 1.82) is 0 Å². The number of hydrazine groups is 1. The van der Waals surface area contributed by atoms with Gasteiger partial charge >= 0.3 is 5.91 Å². The van der Waals surface area contributed by atoms with Crippen molar-refractivity contribution in [2.24, 2.45) is 5.84 Å². The first-order chi connectivity index (χ1) is 9.63. The van der Waals surface area contributed by atoms with E-state index in [0.29, 0.717) is 12.3 Å². The van der Waals surface area contributed by atoms with Crippen LogP contribution in [0.1, 0.15) is 23.2 Å². The highest BCUT2D eigenvalue weighted by Gasteiger charge is 2.12. The number of nitrogens with zero attached hydrogens (tertiary/aromatic N) is 1. The Balaban J connectivity index is 2.14. The molecule has 2 rings (SSSR count). The Hall–Kier alpha value is -2.47. The molecule has 0 unspecified atom stereocenters. The standard InChI is InChI=1S/C14H17N3O3/c1-2-17(10-4-3-5-11(18)8-10)9-12-6-7-13(20-12)14(19)16-15/h3-8,18H,2,9,15H2,1H3,(H,16,19). The van der Waals surface area contributed by atoms with E-state index in [1.165, 1.54) is 0 Å². The van der Waals surface area contributed by atoms with Gasteiger partial charge in [0.05, 0.1) is 6.54 Å². The van der Waals surface area contributed by atoms with E-state index in [4.69, 9.17) is 10.3 Å². The molecule has 0 fully saturated rings. The lowest BCUT2D eigenvalue weighted by molar-refractivity contribution is 0.0924. The molecule has 4 N–H and O–H groups in total. The first-order valence-electron chi connectivity index (χ1n) is 6.27. The molecular formula is C14H17N3O3. The molecule has 0 atom stereocenters. The zero-order chi connectivity index (χ0) is 14.5. The van der Waals surface area contributed by atoms with E-state index in [1.54, 1.807) is 30.3 Å². The molecule has 1 heterocycles. The van der Waals surface area contributed by atoms with E-state index < -0.39 is 5.91 Å². The molecular weight excluding hydrogens is 258 g/mol. The lowest BCUT2D eigenvalue weighted by Gasteiger charge is -2.22. The van der Waals surface area contributed by atoms with Gasteiger partial charge in [0.15, 0.2) is 5.76 Å². The average Bonchev–Trinajstić information content (AvgIpc) is 2.92. The highest BCUT2D eigenvalue weighted by molar-refractivity contribution is 5.90. The number of hydrogen-bond acceptors (Lipinski definition) is 5. The lowest BCUT2D eigenvalue weighted by atomic mass is 10.2. The van der Waals surface area contributed by atoms with E-state index in [2.05, 4.69) is 0 Å². The molecule has 1 amide bonds. The molecule has 1 aromatic carbocycles. The second kappa shape index (κ2) is 6.12. The van der Waals surface area contributed by atoms with Crippen molar-refractivity contribution < 1.29 is 14.3 Å². The van der Waals surface area contributed by atoms with Gasteiger partial charge in [-0.25, -0.2) is 5.84 Å². The van der Waals surface area contributed by atoms with Gasteiger partial charge in [-0.3, -0.25) is 10.2 Å². The maximum atomic E-state index is 11.3. The number of nitrogens with one attached hydrogen (secondary N) is 1. The van der Waals surface area contributed by atoms with Crippen LogP contribution >= 0.6 is 0 Å². The molecule has 0 saturated carbocycles. The SMILES string of the molecule is CCN(Cc1ccc(C(=O)NN)o1)c1cccc(O)c1. The summed E-state index contributed by atoms with van der Waals surface area (Å²) in [6.07, 6.45) is 0. The van der Waals surface area contributed by atoms with Crippen molar-refractivity contribution >= 4 is 11.6 Å². The van der Waals surface area contributed by atoms with Gasteiger partial charge in [0.25, 0.3) is 0 Å². The topological polar surface area (TPSA) is 91.7 Å². The maximum absolute atomic E-state index is 11.3. The van der Waals surface area contributed by atoms with E-state index in [-0.39, 0.29) is 11.5 Å². The summed E-state index contributed by atoms with van der Waals surface area (Å²) in [7, 11) is 0. The third-order valence-corrected chi connectivity index (χ3v) is 2.94. The molecule has 106 valence electrons. The Morgan fingerprint density at radius 3 is 2.85 bits per heavy atom. The van der Waals surface area contributed by atoms with Crippen LogP contribution in [0.2, 0.25) is 0 Å². The quantitative estimate of drug-likeness (QED) is 0.438. The molecule has 6 nitrogen and oxygen atoms in total. The fraction of sp³-hybridized carbons (Fsp3) is 0.214. The Morgan fingerprint density at radius 2 is 2.20 bits per heavy atom. The molecule has 0 spiro atoms. The Labute approximate surface area is 116 Å². The van der Waals surface area contributed by atoms with Crippen molar-refractivity contribution in [2.45, 2.75) is 13.5 Å². The molecule has 0 aliphatic rings. The summed E-state index contributed by atoms with van der Waals surface area (Å²) in [5, 5.41) is 9.52. The van der Waals surface area contributed by atoms with Gasteiger partial charge in [0.2, 0.25) is 0 Å². The number of carbonyl (C=O) groups is 1. The highest BCUT2D eigenvalue weighted by atomic mass is 16.4. The minimum Gasteiger partial charge on any atom is -0.508 e. The van der Waals surface area contributed by atoms with Crippen LogP contribution in [0.3, 0.4) is 0 Å². The van der Waals surface area contributed by atoms with E-state index in [1.807, 2.05) is 23.3 Å². The number of carbonyl (C=O) groups excluding carboxylic acids is 1. The molecule has 0 radical (unpaired) electrons. The molecule has 0 aliphatic heterocycles. The van der Waals surface area contributed by atoms with Gasteiger partial charge in [-0.2, -0.15) is 0 Å². The largest absolute Gasteiger partial charge is 0.508 e. The number of rotatable bonds is 5.